The predicted octanol–water partition coefficient (Wildman–Crippen LogP) is -1.47. The fourth-order valence-electron chi connectivity index (χ4n) is 0.485. The maximum absolute atomic E-state index is 10.4. The van der Waals surface area contributed by atoms with Crippen molar-refractivity contribution in [2.24, 2.45) is 5.73 Å². The van der Waals surface area contributed by atoms with Crippen molar-refractivity contribution >= 4 is 13.6 Å². The highest BCUT2D eigenvalue weighted by Gasteiger charge is 2.30. The van der Waals surface area contributed by atoms with Crippen LogP contribution in [0.3, 0.4) is 0 Å². The molecular weight excluding hydrogens is 201 g/mol. The summed E-state index contributed by atoms with van der Waals surface area (Å²) < 4.78 is 10.3. The van der Waals surface area contributed by atoms with Crippen molar-refractivity contribution in [2.75, 3.05) is 6.16 Å². The van der Waals surface area contributed by atoms with Gasteiger partial charge in [0.25, 0.3) is 0 Å². The van der Waals surface area contributed by atoms with Gasteiger partial charge in [0.1, 0.15) is 5.54 Å². The largest absolute Gasteiger partial charge is 0.480 e. The Morgan fingerprint density at radius 1 is 1.54 bits per heavy atom. The number of hydrogen-bond acceptors (Lipinski definition) is 3. The van der Waals surface area contributed by atoms with E-state index in [4.69, 9.17) is 20.6 Å². The van der Waals surface area contributed by atoms with Crippen LogP contribution in [0.2, 0.25) is 0 Å². The number of aliphatic carboxylic acids is 1. The topological polar surface area (TPSA) is 152 Å². The van der Waals surface area contributed by atoms with Crippen LogP contribution in [0.25, 0.3) is 0 Å². The molecule has 0 radical (unpaired) electrons. The van der Waals surface area contributed by atoms with Gasteiger partial charge in [0.05, 0.1) is 6.16 Å². The Morgan fingerprint density at radius 3 is 2.15 bits per heavy atom. The van der Waals surface area contributed by atoms with Gasteiger partial charge in [0.2, 0.25) is 0 Å². The first kappa shape index (κ1) is 15.0. The Balaban J connectivity index is 0. The van der Waals surface area contributed by atoms with E-state index in [1.165, 1.54) is 6.92 Å². The highest BCUT2D eigenvalue weighted by atomic mass is 31.2. The van der Waals surface area contributed by atoms with Gasteiger partial charge in [-0.05, 0) is 13.3 Å². The van der Waals surface area contributed by atoms with Gasteiger partial charge in [0, 0.05) is 0 Å². The third kappa shape index (κ3) is 6.68. The Hall–Kier alpha value is -0.460. The van der Waals surface area contributed by atoms with Crippen molar-refractivity contribution in [3.63, 3.8) is 0 Å². The van der Waals surface area contributed by atoms with E-state index in [9.17, 15) is 9.36 Å². The fourth-order valence-corrected chi connectivity index (χ4v) is 1.24. The molecule has 0 fully saturated rings. The van der Waals surface area contributed by atoms with Crippen LogP contribution in [0.15, 0.2) is 0 Å². The Labute approximate surface area is 75.0 Å². The number of nitrogens with two attached hydrogens (primary N) is 1. The van der Waals surface area contributed by atoms with Gasteiger partial charge in [-0.3, -0.25) is 9.36 Å². The molecule has 0 aliphatic carbocycles. The first-order valence-electron chi connectivity index (χ1n) is 3.22. The smallest absolute Gasteiger partial charge is 0.325 e. The fraction of sp³-hybridized carbons (Fsp3) is 0.800. The van der Waals surface area contributed by atoms with Gasteiger partial charge in [0.15, 0.2) is 0 Å². The molecule has 0 aromatic carbocycles. The summed E-state index contributed by atoms with van der Waals surface area (Å²) in [6, 6.07) is 0. The molecule has 0 aliphatic heterocycles. The molecule has 0 spiro atoms. The average molecular weight is 215 g/mol. The minimum Gasteiger partial charge on any atom is -0.480 e. The average Bonchev–Trinajstić information content (AvgIpc) is 1.82. The Bertz CT molecular complexity index is 221. The summed E-state index contributed by atoms with van der Waals surface area (Å²) in [6.45, 7) is 1.21. The monoisotopic (exact) mass is 215 g/mol. The maximum atomic E-state index is 10.4. The summed E-state index contributed by atoms with van der Waals surface area (Å²) in [5.41, 5.74) is 3.66. The molecule has 0 amide bonds. The van der Waals surface area contributed by atoms with Crippen molar-refractivity contribution < 1.29 is 29.7 Å². The number of carbonyl (C=O) groups is 1. The van der Waals surface area contributed by atoms with Crippen molar-refractivity contribution in [1.82, 2.24) is 0 Å². The second-order valence-electron chi connectivity index (χ2n) is 2.86. The highest BCUT2D eigenvalue weighted by molar-refractivity contribution is 7.51. The number of carboxylic acids is 1. The lowest BCUT2D eigenvalue weighted by Gasteiger charge is -2.18. The molecule has 0 aromatic heterocycles. The van der Waals surface area contributed by atoms with Gasteiger partial charge < -0.3 is 26.1 Å². The van der Waals surface area contributed by atoms with Gasteiger partial charge in [-0.25, -0.2) is 0 Å². The predicted molar refractivity (Wildman–Crippen MR) is 45.4 cm³/mol. The molecule has 7 N–H and O–H groups in total. The van der Waals surface area contributed by atoms with Gasteiger partial charge in [-0.1, -0.05) is 0 Å². The molecule has 0 unspecified atom stereocenters. The van der Waals surface area contributed by atoms with E-state index in [2.05, 4.69) is 0 Å². The maximum Gasteiger partial charge on any atom is 0.325 e. The summed E-state index contributed by atoms with van der Waals surface area (Å²) in [7, 11) is -4.15. The molecule has 13 heavy (non-hydrogen) atoms. The molecule has 0 aromatic rings. The first-order chi connectivity index (χ1) is 5.15. The van der Waals surface area contributed by atoms with Crippen molar-refractivity contribution in [3.8, 4) is 0 Å². The number of hydrogen-bond donors (Lipinski definition) is 4. The lowest BCUT2D eigenvalue weighted by molar-refractivity contribution is -0.142. The molecule has 80 valence electrons. The standard InChI is InChI=1S/C5H12NO5P.H2O/c1-5(6,4(7)8)2-3-12(9,10)11;/h2-3,6H2,1H3,(H,7,8)(H2,9,10,11);1H2/t5-;/m0./s1. The zero-order chi connectivity index (χ0) is 9.99. The summed E-state index contributed by atoms with van der Waals surface area (Å²) in [6.07, 6.45) is -0.751. The molecule has 0 bridgehead atoms. The molecule has 0 rings (SSSR count). The third-order valence-electron chi connectivity index (χ3n) is 1.41. The summed E-state index contributed by atoms with van der Waals surface area (Å²) in [5.74, 6) is -1.27. The minimum atomic E-state index is -4.15. The molecule has 8 heteroatoms. The molecule has 0 aliphatic rings. The summed E-state index contributed by atoms with van der Waals surface area (Å²) in [4.78, 5) is 27.2. The second kappa shape index (κ2) is 4.69. The van der Waals surface area contributed by atoms with E-state index >= 15 is 0 Å². The van der Waals surface area contributed by atoms with Crippen LogP contribution in [0.4, 0.5) is 0 Å². The molecular formula is C5H14NO6P. The van der Waals surface area contributed by atoms with Gasteiger partial charge in [-0.15, -0.1) is 0 Å². The van der Waals surface area contributed by atoms with E-state index in [0.29, 0.717) is 0 Å². The number of carboxylic acid groups (broad SMARTS) is 1. The van der Waals surface area contributed by atoms with Crippen LogP contribution in [-0.2, 0) is 9.36 Å². The van der Waals surface area contributed by atoms with E-state index < -0.39 is 25.3 Å². The van der Waals surface area contributed by atoms with Gasteiger partial charge >= 0.3 is 13.6 Å². The van der Waals surface area contributed by atoms with Crippen LogP contribution in [-0.4, -0.2) is 38.0 Å². The zero-order valence-electron chi connectivity index (χ0n) is 7.10. The lowest BCUT2D eigenvalue weighted by Crippen LogP contribution is -2.45. The van der Waals surface area contributed by atoms with E-state index in [-0.39, 0.29) is 11.9 Å². The molecule has 0 saturated heterocycles. The van der Waals surface area contributed by atoms with Crippen molar-refractivity contribution in [2.45, 2.75) is 18.9 Å². The Kier molecular flexibility index (Phi) is 5.42. The zero-order valence-corrected chi connectivity index (χ0v) is 7.99. The SMILES string of the molecule is C[C@](N)(CCP(=O)(O)O)C(=O)O.O. The third-order valence-corrected chi connectivity index (χ3v) is 2.22. The molecule has 7 nitrogen and oxygen atoms in total. The lowest BCUT2D eigenvalue weighted by atomic mass is 10.0. The van der Waals surface area contributed by atoms with Gasteiger partial charge in [-0.2, -0.15) is 0 Å². The quantitative estimate of drug-likeness (QED) is 0.420. The van der Waals surface area contributed by atoms with E-state index in [0.717, 1.165) is 0 Å². The van der Waals surface area contributed by atoms with E-state index in [1.807, 2.05) is 0 Å². The van der Waals surface area contributed by atoms with Crippen LogP contribution in [0.5, 0.6) is 0 Å². The van der Waals surface area contributed by atoms with Crippen molar-refractivity contribution in [1.29, 1.82) is 0 Å². The normalized spacial score (nSPS) is 15.7. The van der Waals surface area contributed by atoms with Crippen molar-refractivity contribution in [3.05, 3.63) is 0 Å². The second-order valence-corrected chi connectivity index (χ2v) is 4.64. The van der Waals surface area contributed by atoms with Crippen LogP contribution in [0.1, 0.15) is 13.3 Å². The highest BCUT2D eigenvalue weighted by Crippen LogP contribution is 2.36. The van der Waals surface area contributed by atoms with Crippen LogP contribution >= 0.6 is 7.60 Å². The summed E-state index contributed by atoms with van der Waals surface area (Å²) >= 11 is 0. The molecule has 0 saturated carbocycles. The summed E-state index contributed by atoms with van der Waals surface area (Å²) in [5, 5.41) is 8.46. The van der Waals surface area contributed by atoms with Crippen LogP contribution in [0, 0.1) is 0 Å². The van der Waals surface area contributed by atoms with E-state index in [1.54, 1.807) is 0 Å². The minimum absolute atomic E-state index is 0. The Morgan fingerprint density at radius 2 is 1.92 bits per heavy atom. The number of rotatable bonds is 4. The molecule has 0 heterocycles. The molecule has 1 atom stereocenters. The van der Waals surface area contributed by atoms with Crippen LogP contribution < -0.4 is 5.73 Å². The first-order valence-corrected chi connectivity index (χ1v) is 5.02.